The minimum absolute atomic E-state index is 0.139. The minimum Gasteiger partial charge on any atom is -0.478 e. The van der Waals surface area contributed by atoms with Crippen molar-refractivity contribution in [3.05, 3.63) is 47.5 Å². The molecule has 96 valence electrons. The molecule has 0 aliphatic carbocycles. The Labute approximate surface area is 105 Å². The Morgan fingerprint density at radius 3 is 2.83 bits per heavy atom. The van der Waals surface area contributed by atoms with Gasteiger partial charge in [-0.2, -0.15) is 0 Å². The van der Waals surface area contributed by atoms with Gasteiger partial charge in [-0.15, -0.1) is 0 Å². The third kappa shape index (κ3) is 3.93. The predicted molar refractivity (Wildman–Crippen MR) is 66.5 cm³/mol. The molecule has 0 bridgehead atoms. The molecular weight excluding hydrogens is 234 g/mol. The van der Waals surface area contributed by atoms with E-state index in [2.05, 4.69) is 11.9 Å². The van der Waals surface area contributed by atoms with Gasteiger partial charge in [-0.1, -0.05) is 18.7 Å². The van der Waals surface area contributed by atoms with E-state index >= 15 is 0 Å². The normalized spacial score (nSPS) is 9.61. The molecule has 18 heavy (non-hydrogen) atoms. The van der Waals surface area contributed by atoms with Crippen molar-refractivity contribution in [2.24, 2.45) is 0 Å². The molecule has 0 spiro atoms. The average molecular weight is 249 g/mol. The second kappa shape index (κ2) is 6.44. The van der Waals surface area contributed by atoms with E-state index in [1.807, 2.05) is 6.92 Å². The number of nitrogens with one attached hydrogen (secondary N) is 1. The van der Waals surface area contributed by atoms with Crippen molar-refractivity contribution in [2.75, 3.05) is 6.61 Å². The van der Waals surface area contributed by atoms with Gasteiger partial charge in [0, 0.05) is 6.54 Å². The van der Waals surface area contributed by atoms with Crippen molar-refractivity contribution in [1.29, 1.82) is 0 Å². The Hall–Kier alpha value is -2.30. The summed E-state index contributed by atoms with van der Waals surface area (Å²) in [5.41, 5.74) is 1.84. The van der Waals surface area contributed by atoms with Crippen LogP contribution in [0.5, 0.6) is 0 Å². The van der Waals surface area contributed by atoms with E-state index in [0.29, 0.717) is 0 Å². The van der Waals surface area contributed by atoms with Crippen molar-refractivity contribution >= 4 is 12.1 Å². The number of alkyl carbamates (subject to hydrolysis) is 1. The number of hydrogen-bond donors (Lipinski definition) is 2. The fourth-order valence-electron chi connectivity index (χ4n) is 1.35. The van der Waals surface area contributed by atoms with Gasteiger partial charge in [0.1, 0.15) is 6.61 Å². The zero-order valence-electron chi connectivity index (χ0n) is 10.1. The number of carboxylic acids is 1. The molecule has 0 aliphatic heterocycles. The van der Waals surface area contributed by atoms with E-state index in [0.717, 1.165) is 11.1 Å². The van der Waals surface area contributed by atoms with Crippen LogP contribution in [0.15, 0.2) is 30.9 Å². The third-order valence-electron chi connectivity index (χ3n) is 2.35. The molecular formula is C13H15NO4. The first-order valence-corrected chi connectivity index (χ1v) is 5.39. The zero-order chi connectivity index (χ0) is 13.5. The summed E-state index contributed by atoms with van der Waals surface area (Å²) in [7, 11) is 0. The van der Waals surface area contributed by atoms with Crippen LogP contribution >= 0.6 is 0 Å². The summed E-state index contributed by atoms with van der Waals surface area (Å²) >= 11 is 0. The molecule has 0 atom stereocenters. The Morgan fingerprint density at radius 1 is 1.50 bits per heavy atom. The number of rotatable bonds is 5. The molecule has 0 aromatic heterocycles. The summed E-state index contributed by atoms with van der Waals surface area (Å²) in [4.78, 5) is 22.0. The van der Waals surface area contributed by atoms with Crippen LogP contribution in [0.3, 0.4) is 0 Å². The van der Waals surface area contributed by atoms with Gasteiger partial charge in [-0.25, -0.2) is 9.59 Å². The predicted octanol–water partition coefficient (Wildman–Crippen LogP) is 2.11. The quantitative estimate of drug-likeness (QED) is 0.783. The Balaban J connectivity index is 2.66. The second-order valence-corrected chi connectivity index (χ2v) is 3.69. The smallest absolute Gasteiger partial charge is 0.407 e. The highest BCUT2D eigenvalue weighted by Gasteiger charge is 2.07. The standard InChI is InChI=1S/C13H15NO4/c1-3-6-18-13(17)14-8-11-7-10(12(15)16)5-4-9(11)2/h3-5,7H,1,6,8H2,2H3,(H,14,17)(H,15,16). The molecule has 0 saturated carbocycles. The van der Waals surface area contributed by atoms with Gasteiger partial charge in [0.15, 0.2) is 0 Å². The summed E-state index contributed by atoms with van der Waals surface area (Å²) in [6.45, 7) is 5.63. The third-order valence-corrected chi connectivity index (χ3v) is 2.35. The van der Waals surface area contributed by atoms with Crippen LogP contribution in [0.1, 0.15) is 21.5 Å². The second-order valence-electron chi connectivity index (χ2n) is 3.69. The molecule has 0 heterocycles. The number of carboxylic acid groups (broad SMARTS) is 1. The fraction of sp³-hybridized carbons (Fsp3) is 0.231. The number of amides is 1. The van der Waals surface area contributed by atoms with Crippen LogP contribution in [0.4, 0.5) is 4.79 Å². The molecule has 0 fully saturated rings. The van der Waals surface area contributed by atoms with E-state index in [1.54, 1.807) is 6.07 Å². The molecule has 5 nitrogen and oxygen atoms in total. The molecule has 1 amide bonds. The first-order valence-electron chi connectivity index (χ1n) is 5.39. The van der Waals surface area contributed by atoms with E-state index in [1.165, 1.54) is 18.2 Å². The first kappa shape index (κ1) is 13.8. The summed E-state index contributed by atoms with van der Waals surface area (Å²) in [6.07, 6.45) is 0.908. The van der Waals surface area contributed by atoms with Gasteiger partial charge in [-0.3, -0.25) is 0 Å². The van der Waals surface area contributed by atoms with Gasteiger partial charge in [-0.05, 0) is 30.2 Å². The van der Waals surface area contributed by atoms with Crippen LogP contribution < -0.4 is 5.32 Å². The number of carbonyl (C=O) groups is 2. The lowest BCUT2D eigenvalue weighted by Crippen LogP contribution is -2.24. The molecule has 1 aromatic carbocycles. The molecule has 2 N–H and O–H groups in total. The van der Waals surface area contributed by atoms with Gasteiger partial charge < -0.3 is 15.2 Å². The van der Waals surface area contributed by atoms with Gasteiger partial charge in [0.2, 0.25) is 0 Å². The fourth-order valence-corrected chi connectivity index (χ4v) is 1.35. The van der Waals surface area contributed by atoms with Crippen molar-refractivity contribution in [1.82, 2.24) is 5.32 Å². The highest BCUT2D eigenvalue weighted by molar-refractivity contribution is 5.87. The molecule has 0 saturated heterocycles. The number of hydrogen-bond acceptors (Lipinski definition) is 3. The maximum Gasteiger partial charge on any atom is 0.407 e. The van der Waals surface area contributed by atoms with Crippen molar-refractivity contribution < 1.29 is 19.4 Å². The van der Waals surface area contributed by atoms with Crippen LogP contribution in [0, 0.1) is 6.92 Å². The number of carbonyl (C=O) groups excluding carboxylic acids is 1. The minimum atomic E-state index is -0.995. The number of ether oxygens (including phenoxy) is 1. The molecule has 1 aromatic rings. The lowest BCUT2D eigenvalue weighted by molar-refractivity contribution is 0.0696. The van der Waals surface area contributed by atoms with E-state index in [4.69, 9.17) is 9.84 Å². The molecule has 1 rings (SSSR count). The number of benzene rings is 1. The lowest BCUT2D eigenvalue weighted by atomic mass is 10.1. The lowest BCUT2D eigenvalue weighted by Gasteiger charge is -2.08. The van der Waals surface area contributed by atoms with Gasteiger partial charge >= 0.3 is 12.1 Å². The first-order chi connectivity index (χ1) is 8.54. The zero-order valence-corrected chi connectivity index (χ0v) is 10.1. The summed E-state index contributed by atoms with van der Waals surface area (Å²) in [5.74, 6) is -0.995. The average Bonchev–Trinajstić information content (AvgIpc) is 2.35. The monoisotopic (exact) mass is 249 g/mol. The van der Waals surface area contributed by atoms with E-state index < -0.39 is 12.1 Å². The maximum atomic E-state index is 11.2. The number of aromatic carboxylic acids is 1. The largest absolute Gasteiger partial charge is 0.478 e. The summed E-state index contributed by atoms with van der Waals surface area (Å²) < 4.78 is 4.75. The van der Waals surface area contributed by atoms with Crippen molar-refractivity contribution in [2.45, 2.75) is 13.5 Å². The van der Waals surface area contributed by atoms with Gasteiger partial charge in [0.05, 0.1) is 5.56 Å². The molecule has 0 unspecified atom stereocenters. The molecule has 5 heteroatoms. The molecule has 0 radical (unpaired) electrons. The van der Waals surface area contributed by atoms with E-state index in [-0.39, 0.29) is 18.7 Å². The highest BCUT2D eigenvalue weighted by atomic mass is 16.5. The Bertz CT molecular complexity index is 468. The van der Waals surface area contributed by atoms with Crippen LogP contribution in [0.2, 0.25) is 0 Å². The Kier molecular flexibility index (Phi) is 4.92. The Morgan fingerprint density at radius 2 is 2.22 bits per heavy atom. The topological polar surface area (TPSA) is 75.6 Å². The maximum absolute atomic E-state index is 11.2. The highest BCUT2D eigenvalue weighted by Crippen LogP contribution is 2.11. The van der Waals surface area contributed by atoms with Gasteiger partial charge in [0.25, 0.3) is 0 Å². The number of aryl methyl sites for hydroxylation is 1. The van der Waals surface area contributed by atoms with Crippen LogP contribution in [-0.2, 0) is 11.3 Å². The SMILES string of the molecule is C=CCOC(=O)NCc1cc(C(=O)O)ccc1C. The van der Waals surface area contributed by atoms with Crippen molar-refractivity contribution in [3.8, 4) is 0 Å². The van der Waals surface area contributed by atoms with Crippen LogP contribution in [-0.4, -0.2) is 23.8 Å². The van der Waals surface area contributed by atoms with Crippen molar-refractivity contribution in [3.63, 3.8) is 0 Å². The molecule has 0 aliphatic rings. The van der Waals surface area contributed by atoms with Crippen LogP contribution in [0.25, 0.3) is 0 Å². The summed E-state index contributed by atoms with van der Waals surface area (Å²) in [5, 5.41) is 11.4. The summed E-state index contributed by atoms with van der Waals surface area (Å²) in [6, 6.07) is 4.76. The van der Waals surface area contributed by atoms with E-state index in [9.17, 15) is 9.59 Å².